The van der Waals surface area contributed by atoms with Gasteiger partial charge in [0, 0.05) is 0 Å². The summed E-state index contributed by atoms with van der Waals surface area (Å²) in [6.45, 7) is 4.36. The van der Waals surface area contributed by atoms with E-state index in [1.807, 2.05) is 24.3 Å². The van der Waals surface area contributed by atoms with E-state index < -0.39 is 5.97 Å². The zero-order valence-corrected chi connectivity index (χ0v) is 19.1. The van der Waals surface area contributed by atoms with Crippen LogP contribution >= 0.6 is 0 Å². The minimum Gasteiger partial charge on any atom is -0.422 e. The predicted molar refractivity (Wildman–Crippen MR) is 130 cm³/mol. The Morgan fingerprint density at radius 2 is 1.44 bits per heavy atom. The molecule has 0 N–H and O–H groups in total. The summed E-state index contributed by atoms with van der Waals surface area (Å²) in [6, 6.07) is 23.6. The van der Waals surface area contributed by atoms with Crippen LogP contribution in [0.15, 0.2) is 66.7 Å². The molecule has 0 heterocycles. The van der Waals surface area contributed by atoms with Gasteiger partial charge in [0.15, 0.2) is 0 Å². The topological polar surface area (TPSA) is 50.1 Å². The van der Waals surface area contributed by atoms with Gasteiger partial charge in [0.05, 0.1) is 11.1 Å². The molecule has 32 heavy (non-hydrogen) atoms. The van der Waals surface area contributed by atoms with E-state index in [1.165, 1.54) is 24.8 Å². The molecule has 164 valence electrons. The highest BCUT2D eigenvalue weighted by Gasteiger charge is 2.13. The van der Waals surface area contributed by atoms with Crippen LogP contribution < -0.4 is 4.74 Å². The molecule has 3 rings (SSSR count). The maximum atomic E-state index is 12.6. The summed E-state index contributed by atoms with van der Waals surface area (Å²) in [5.74, 6) is -0.146. The van der Waals surface area contributed by atoms with Crippen LogP contribution in [0.5, 0.6) is 5.75 Å². The summed E-state index contributed by atoms with van der Waals surface area (Å²) >= 11 is 0. The van der Waals surface area contributed by atoms with Gasteiger partial charge in [0.25, 0.3) is 0 Å². The Hall–Kier alpha value is -3.38. The largest absolute Gasteiger partial charge is 0.422 e. The lowest BCUT2D eigenvalue weighted by atomic mass is 10.0. The molecule has 0 spiro atoms. The second-order valence-electron chi connectivity index (χ2n) is 8.17. The normalized spacial score (nSPS) is 10.5. The predicted octanol–water partition coefficient (Wildman–Crippen LogP) is 7.52. The SMILES string of the molecule is CCCCCCc1ccc(OC(=O)c2ccc(-c3ccc(CCC)cc3)cc2)c(C#N)c1. The van der Waals surface area contributed by atoms with E-state index in [-0.39, 0.29) is 0 Å². The molecule has 0 aliphatic carbocycles. The van der Waals surface area contributed by atoms with Crippen LogP contribution in [0, 0.1) is 11.3 Å². The summed E-state index contributed by atoms with van der Waals surface area (Å²) < 4.78 is 5.55. The van der Waals surface area contributed by atoms with E-state index in [9.17, 15) is 10.1 Å². The second kappa shape index (κ2) is 11.9. The van der Waals surface area contributed by atoms with Gasteiger partial charge in [0.2, 0.25) is 0 Å². The summed E-state index contributed by atoms with van der Waals surface area (Å²) in [5.41, 5.74) is 5.46. The van der Waals surface area contributed by atoms with Crippen molar-refractivity contribution in [1.29, 1.82) is 5.26 Å². The Labute approximate surface area is 191 Å². The lowest BCUT2D eigenvalue weighted by Crippen LogP contribution is -2.09. The molecule has 3 aromatic rings. The van der Waals surface area contributed by atoms with Gasteiger partial charge in [-0.2, -0.15) is 5.26 Å². The summed E-state index contributed by atoms with van der Waals surface area (Å²) in [5, 5.41) is 9.51. The Morgan fingerprint density at radius 1 is 0.781 bits per heavy atom. The first-order valence-electron chi connectivity index (χ1n) is 11.6. The number of hydrogen-bond acceptors (Lipinski definition) is 3. The highest BCUT2D eigenvalue weighted by molar-refractivity contribution is 5.92. The number of esters is 1. The number of ether oxygens (including phenoxy) is 1. The standard InChI is InChI=1S/C29H31NO2/c1-3-5-6-7-9-23-12-19-28(27(20-23)21-30)32-29(31)26-17-15-25(16-18-26)24-13-10-22(8-4-2)11-14-24/h10-20H,3-9H2,1-2H3. The zero-order valence-electron chi connectivity index (χ0n) is 19.1. The number of benzene rings is 3. The van der Waals surface area contributed by atoms with Crippen LogP contribution in [0.4, 0.5) is 0 Å². The zero-order chi connectivity index (χ0) is 22.8. The van der Waals surface area contributed by atoms with Gasteiger partial charge in [-0.25, -0.2) is 4.79 Å². The molecule has 3 nitrogen and oxygen atoms in total. The molecular weight excluding hydrogens is 394 g/mol. The van der Waals surface area contributed by atoms with Gasteiger partial charge in [-0.3, -0.25) is 0 Å². The number of unbranched alkanes of at least 4 members (excludes halogenated alkanes) is 3. The monoisotopic (exact) mass is 425 g/mol. The molecule has 0 saturated carbocycles. The van der Waals surface area contributed by atoms with Crippen LogP contribution in [0.2, 0.25) is 0 Å². The second-order valence-corrected chi connectivity index (χ2v) is 8.17. The highest BCUT2D eigenvalue weighted by Crippen LogP contribution is 2.24. The third-order valence-corrected chi connectivity index (χ3v) is 5.63. The van der Waals surface area contributed by atoms with Crippen molar-refractivity contribution < 1.29 is 9.53 Å². The molecular formula is C29H31NO2. The van der Waals surface area contributed by atoms with Gasteiger partial charge >= 0.3 is 5.97 Å². The van der Waals surface area contributed by atoms with Crippen LogP contribution in [0.1, 0.15) is 73.0 Å². The van der Waals surface area contributed by atoms with E-state index in [1.54, 1.807) is 18.2 Å². The maximum Gasteiger partial charge on any atom is 0.343 e. The van der Waals surface area contributed by atoms with Crippen molar-refractivity contribution in [3.05, 3.63) is 89.0 Å². The van der Waals surface area contributed by atoms with E-state index in [2.05, 4.69) is 44.2 Å². The summed E-state index contributed by atoms with van der Waals surface area (Å²) in [7, 11) is 0. The van der Waals surface area contributed by atoms with Crippen LogP contribution in [0.3, 0.4) is 0 Å². The van der Waals surface area contributed by atoms with Crippen molar-refractivity contribution >= 4 is 5.97 Å². The molecule has 0 radical (unpaired) electrons. The molecule has 0 atom stereocenters. The van der Waals surface area contributed by atoms with Crippen LogP contribution in [-0.2, 0) is 12.8 Å². The van der Waals surface area contributed by atoms with Crippen LogP contribution in [0.25, 0.3) is 11.1 Å². The molecule has 0 aromatic heterocycles. The smallest absolute Gasteiger partial charge is 0.343 e. The van der Waals surface area contributed by atoms with Crippen molar-refractivity contribution in [2.24, 2.45) is 0 Å². The summed E-state index contributed by atoms with van der Waals surface area (Å²) in [6.07, 6.45) is 7.86. The Kier molecular flexibility index (Phi) is 8.63. The molecule has 0 bridgehead atoms. The average Bonchev–Trinajstić information content (AvgIpc) is 2.83. The quantitative estimate of drug-likeness (QED) is 0.192. The minimum absolute atomic E-state index is 0.311. The van der Waals surface area contributed by atoms with Gasteiger partial charge in [-0.15, -0.1) is 0 Å². The molecule has 0 saturated heterocycles. The fraction of sp³-hybridized carbons (Fsp3) is 0.310. The molecule has 3 heteroatoms. The number of hydrogen-bond donors (Lipinski definition) is 0. The fourth-order valence-corrected chi connectivity index (χ4v) is 3.78. The third kappa shape index (κ3) is 6.31. The third-order valence-electron chi connectivity index (χ3n) is 5.63. The van der Waals surface area contributed by atoms with E-state index in [0.717, 1.165) is 42.4 Å². The van der Waals surface area contributed by atoms with E-state index >= 15 is 0 Å². The van der Waals surface area contributed by atoms with Gasteiger partial charge in [-0.05, 0) is 65.8 Å². The minimum atomic E-state index is -0.456. The number of carbonyl (C=O) groups excluding carboxylic acids is 1. The first kappa shape index (κ1) is 23.3. The number of rotatable bonds is 10. The molecule has 0 fully saturated rings. The first-order chi connectivity index (χ1) is 15.6. The van der Waals surface area contributed by atoms with Crippen molar-refractivity contribution in [2.75, 3.05) is 0 Å². The lowest BCUT2D eigenvalue weighted by molar-refractivity contribution is 0.0734. The van der Waals surface area contributed by atoms with Gasteiger partial charge in [-0.1, -0.05) is 82.0 Å². The number of aryl methyl sites for hydroxylation is 2. The number of carbonyl (C=O) groups is 1. The van der Waals surface area contributed by atoms with Crippen molar-refractivity contribution in [3.63, 3.8) is 0 Å². The number of nitrogens with zero attached hydrogens (tertiary/aromatic N) is 1. The van der Waals surface area contributed by atoms with Crippen molar-refractivity contribution in [3.8, 4) is 22.9 Å². The first-order valence-corrected chi connectivity index (χ1v) is 11.6. The van der Waals surface area contributed by atoms with Gasteiger partial charge in [0.1, 0.15) is 11.8 Å². The lowest BCUT2D eigenvalue weighted by Gasteiger charge is -2.09. The van der Waals surface area contributed by atoms with Crippen LogP contribution in [-0.4, -0.2) is 5.97 Å². The Bertz CT molecular complexity index is 1060. The van der Waals surface area contributed by atoms with Gasteiger partial charge < -0.3 is 4.74 Å². The Balaban J connectivity index is 1.65. The molecule has 0 amide bonds. The summed E-state index contributed by atoms with van der Waals surface area (Å²) in [4.78, 5) is 12.6. The molecule has 0 aliphatic rings. The van der Waals surface area contributed by atoms with Crippen molar-refractivity contribution in [1.82, 2.24) is 0 Å². The molecule has 0 unspecified atom stereocenters. The Morgan fingerprint density at radius 3 is 2.06 bits per heavy atom. The van der Waals surface area contributed by atoms with Crippen molar-refractivity contribution in [2.45, 2.75) is 58.8 Å². The number of nitriles is 1. The maximum absolute atomic E-state index is 12.6. The van der Waals surface area contributed by atoms with E-state index in [0.29, 0.717) is 16.9 Å². The highest BCUT2D eigenvalue weighted by atomic mass is 16.5. The van der Waals surface area contributed by atoms with E-state index in [4.69, 9.17) is 4.74 Å². The fourth-order valence-electron chi connectivity index (χ4n) is 3.78. The molecule has 0 aliphatic heterocycles. The molecule has 3 aromatic carbocycles. The average molecular weight is 426 g/mol.